The summed E-state index contributed by atoms with van der Waals surface area (Å²) in [5, 5.41) is 2.67. The Labute approximate surface area is 169 Å². The number of fused-ring (bicyclic) bond motifs is 1. The van der Waals surface area contributed by atoms with Crippen molar-refractivity contribution in [1.29, 1.82) is 0 Å². The number of halogens is 1. The number of methoxy groups -OCH3 is 1. The van der Waals surface area contributed by atoms with Crippen LogP contribution in [0.15, 0.2) is 36.6 Å². The van der Waals surface area contributed by atoms with Crippen LogP contribution in [0.5, 0.6) is 5.75 Å². The van der Waals surface area contributed by atoms with Gasteiger partial charge in [-0.15, -0.1) is 6.58 Å². The van der Waals surface area contributed by atoms with E-state index >= 15 is 0 Å². The van der Waals surface area contributed by atoms with E-state index in [0.717, 1.165) is 0 Å². The lowest BCUT2D eigenvalue weighted by Gasteiger charge is -2.38. The molecule has 0 unspecified atom stereocenters. The highest BCUT2D eigenvalue weighted by atomic mass is 19.1. The predicted molar refractivity (Wildman–Crippen MR) is 106 cm³/mol. The van der Waals surface area contributed by atoms with E-state index in [1.54, 1.807) is 12.1 Å². The number of allylic oxidation sites excluding steroid dienone is 2. The van der Waals surface area contributed by atoms with Crippen LogP contribution in [0.3, 0.4) is 0 Å². The molecule has 1 saturated heterocycles. The molecule has 0 aromatic heterocycles. The summed E-state index contributed by atoms with van der Waals surface area (Å²) in [6.45, 7) is 7.12. The smallest absolute Gasteiger partial charge is 0.221 e. The van der Waals surface area contributed by atoms with Crippen molar-refractivity contribution < 1.29 is 28.2 Å². The van der Waals surface area contributed by atoms with Gasteiger partial charge in [0.15, 0.2) is 12.6 Å². The molecule has 1 fully saturated rings. The average molecular weight is 403 g/mol. The topological polar surface area (TPSA) is 73.9 Å². The molecular formula is C22H26FNO5. The Kier molecular flexibility index (Phi) is 6.07. The zero-order chi connectivity index (χ0) is 21.2. The zero-order valence-electron chi connectivity index (χ0n) is 16.9. The van der Waals surface area contributed by atoms with Gasteiger partial charge in [0, 0.05) is 25.0 Å². The summed E-state index contributed by atoms with van der Waals surface area (Å²) in [6.07, 6.45) is 4.57. The van der Waals surface area contributed by atoms with Gasteiger partial charge < -0.3 is 19.5 Å². The highest BCUT2D eigenvalue weighted by molar-refractivity contribution is 5.94. The minimum atomic E-state index is -0.790. The Morgan fingerprint density at radius 1 is 1.52 bits per heavy atom. The van der Waals surface area contributed by atoms with Crippen molar-refractivity contribution in [3.8, 4) is 5.75 Å². The van der Waals surface area contributed by atoms with Crippen molar-refractivity contribution in [2.45, 2.75) is 38.7 Å². The van der Waals surface area contributed by atoms with Crippen LogP contribution in [0.4, 0.5) is 10.1 Å². The van der Waals surface area contributed by atoms with Crippen LogP contribution in [-0.2, 0) is 25.5 Å². The molecule has 29 heavy (non-hydrogen) atoms. The zero-order valence-corrected chi connectivity index (χ0v) is 16.9. The van der Waals surface area contributed by atoms with Gasteiger partial charge in [0.2, 0.25) is 5.91 Å². The summed E-state index contributed by atoms with van der Waals surface area (Å²) in [6, 6.07) is 2.84. The summed E-state index contributed by atoms with van der Waals surface area (Å²) < 4.78 is 31.5. The highest BCUT2D eigenvalue weighted by Crippen LogP contribution is 2.46. The van der Waals surface area contributed by atoms with Gasteiger partial charge in [-0.25, -0.2) is 4.39 Å². The van der Waals surface area contributed by atoms with E-state index in [0.29, 0.717) is 36.3 Å². The molecule has 6 nitrogen and oxygen atoms in total. The number of benzene rings is 1. The van der Waals surface area contributed by atoms with Crippen LogP contribution < -0.4 is 10.1 Å². The van der Waals surface area contributed by atoms with Crippen molar-refractivity contribution in [1.82, 2.24) is 0 Å². The van der Waals surface area contributed by atoms with Gasteiger partial charge >= 0.3 is 0 Å². The standard InChI is InChI=1S/C22H26FNO5/c1-5-6-15-11-22(21(10-19(15)26)28-12-29-22)13(2)7-16-8-18(24-14(3)25)20(27-4)9-17(16)23/h5,8-10,13,15H,1,6-7,11-12H2,2-4H3,(H,24,25)/t13-,15-,22+/m0/s1. The quantitative estimate of drug-likeness (QED) is 0.702. The van der Waals surface area contributed by atoms with Gasteiger partial charge in [-0.05, 0) is 36.8 Å². The molecular weight excluding hydrogens is 377 g/mol. The van der Waals surface area contributed by atoms with E-state index in [1.807, 2.05) is 6.92 Å². The second-order valence-electron chi connectivity index (χ2n) is 7.56. The third-order valence-electron chi connectivity index (χ3n) is 5.63. The van der Waals surface area contributed by atoms with Crippen LogP contribution >= 0.6 is 0 Å². The molecule has 7 heteroatoms. The van der Waals surface area contributed by atoms with Crippen LogP contribution in [0.2, 0.25) is 0 Å². The SMILES string of the molecule is C=CC[C@H]1C[C@]2([C@@H](C)Cc3cc(NC(C)=O)c(OC)cc3F)OCOC2=CC1=O. The number of ether oxygens (including phenoxy) is 3. The molecule has 1 aromatic carbocycles. The lowest BCUT2D eigenvalue weighted by Crippen LogP contribution is -2.45. The maximum absolute atomic E-state index is 14.7. The van der Waals surface area contributed by atoms with Crippen LogP contribution in [0.25, 0.3) is 0 Å². The summed E-state index contributed by atoms with van der Waals surface area (Å²) in [5.74, 6) is -0.368. The van der Waals surface area contributed by atoms with Crippen molar-refractivity contribution >= 4 is 17.4 Å². The largest absolute Gasteiger partial charge is 0.494 e. The molecule has 1 aliphatic heterocycles. The summed E-state index contributed by atoms with van der Waals surface area (Å²) >= 11 is 0. The number of rotatable bonds is 7. The van der Waals surface area contributed by atoms with Crippen molar-refractivity contribution in [2.24, 2.45) is 11.8 Å². The van der Waals surface area contributed by atoms with E-state index in [9.17, 15) is 14.0 Å². The van der Waals surface area contributed by atoms with Gasteiger partial charge in [0.05, 0.1) is 12.8 Å². The van der Waals surface area contributed by atoms with Gasteiger partial charge in [-0.2, -0.15) is 0 Å². The van der Waals surface area contributed by atoms with Gasteiger partial charge in [0.1, 0.15) is 22.9 Å². The Morgan fingerprint density at radius 2 is 2.28 bits per heavy atom. The minimum absolute atomic E-state index is 0.00297. The highest BCUT2D eigenvalue weighted by Gasteiger charge is 2.51. The Balaban J connectivity index is 1.91. The molecule has 1 N–H and O–H groups in total. The summed E-state index contributed by atoms with van der Waals surface area (Å²) in [5.41, 5.74) is 0.0366. The van der Waals surface area contributed by atoms with Gasteiger partial charge in [-0.1, -0.05) is 13.0 Å². The second-order valence-corrected chi connectivity index (χ2v) is 7.56. The van der Waals surface area contributed by atoms with E-state index in [2.05, 4.69) is 11.9 Å². The molecule has 156 valence electrons. The number of amides is 1. The van der Waals surface area contributed by atoms with Crippen LogP contribution in [0.1, 0.15) is 32.3 Å². The number of ketones is 1. The lowest BCUT2D eigenvalue weighted by atomic mass is 9.71. The van der Waals surface area contributed by atoms with Gasteiger partial charge in [-0.3, -0.25) is 9.59 Å². The fourth-order valence-electron chi connectivity index (χ4n) is 4.12. The maximum atomic E-state index is 14.7. The molecule has 1 heterocycles. The fraction of sp³-hybridized carbons (Fsp3) is 0.455. The molecule has 0 saturated carbocycles. The Bertz CT molecular complexity index is 865. The van der Waals surface area contributed by atoms with E-state index < -0.39 is 11.4 Å². The van der Waals surface area contributed by atoms with E-state index in [1.165, 1.54) is 26.2 Å². The molecule has 3 atom stereocenters. The number of anilines is 1. The van der Waals surface area contributed by atoms with E-state index in [-0.39, 0.29) is 36.1 Å². The number of nitrogens with one attached hydrogen (secondary N) is 1. The summed E-state index contributed by atoms with van der Waals surface area (Å²) in [7, 11) is 1.42. The number of carbonyl (C=O) groups excluding carboxylic acids is 2. The third kappa shape index (κ3) is 4.05. The predicted octanol–water partition coefficient (Wildman–Crippen LogP) is 3.76. The Morgan fingerprint density at radius 3 is 2.93 bits per heavy atom. The molecule has 2 aliphatic rings. The first-order valence-electron chi connectivity index (χ1n) is 9.58. The van der Waals surface area contributed by atoms with Crippen LogP contribution in [-0.4, -0.2) is 31.2 Å². The van der Waals surface area contributed by atoms with Gasteiger partial charge in [0.25, 0.3) is 0 Å². The lowest BCUT2D eigenvalue weighted by molar-refractivity contribution is -0.123. The molecule has 1 aromatic rings. The number of hydrogen-bond donors (Lipinski definition) is 1. The first kappa shape index (κ1) is 21.0. The molecule has 0 bridgehead atoms. The maximum Gasteiger partial charge on any atom is 0.221 e. The summed E-state index contributed by atoms with van der Waals surface area (Å²) in [4.78, 5) is 23.8. The molecule has 3 rings (SSSR count). The first-order valence-corrected chi connectivity index (χ1v) is 9.58. The normalized spacial score (nSPS) is 24.2. The van der Waals surface area contributed by atoms with E-state index in [4.69, 9.17) is 14.2 Å². The molecule has 1 amide bonds. The van der Waals surface area contributed by atoms with Crippen molar-refractivity contribution in [3.05, 3.63) is 48.0 Å². The van der Waals surface area contributed by atoms with Crippen molar-refractivity contribution in [3.63, 3.8) is 0 Å². The molecule has 1 aliphatic carbocycles. The monoisotopic (exact) mass is 403 g/mol. The first-order chi connectivity index (χ1) is 13.8. The minimum Gasteiger partial charge on any atom is -0.494 e. The average Bonchev–Trinajstić information content (AvgIpc) is 3.08. The van der Waals surface area contributed by atoms with Crippen molar-refractivity contribution in [2.75, 3.05) is 19.2 Å². The number of carbonyl (C=O) groups is 2. The fourth-order valence-corrected chi connectivity index (χ4v) is 4.12. The Hall–Kier alpha value is -2.67. The molecule has 0 spiro atoms. The number of hydrogen-bond acceptors (Lipinski definition) is 5. The third-order valence-corrected chi connectivity index (χ3v) is 5.63. The second kappa shape index (κ2) is 8.37. The van der Waals surface area contributed by atoms with Crippen LogP contribution in [0, 0.1) is 17.7 Å². The molecule has 0 radical (unpaired) electrons.